The Labute approximate surface area is 116 Å². The number of aromatic carboxylic acids is 1. The third kappa shape index (κ3) is 2.69. The van der Waals surface area contributed by atoms with Crippen LogP contribution in [0.25, 0.3) is 0 Å². The van der Waals surface area contributed by atoms with Gasteiger partial charge in [0.1, 0.15) is 0 Å². The molecule has 0 saturated carbocycles. The molecule has 0 unspecified atom stereocenters. The monoisotopic (exact) mass is 273 g/mol. The minimum Gasteiger partial charge on any atom is -0.478 e. The number of aromatic nitrogens is 2. The predicted molar refractivity (Wildman–Crippen MR) is 74.0 cm³/mol. The molecule has 104 valence electrons. The molecule has 0 saturated heterocycles. The van der Waals surface area contributed by atoms with Crippen LogP contribution in [0.1, 0.15) is 31.8 Å². The van der Waals surface area contributed by atoms with E-state index in [9.17, 15) is 9.59 Å². The van der Waals surface area contributed by atoms with Crippen LogP contribution in [0.15, 0.2) is 24.5 Å². The van der Waals surface area contributed by atoms with Gasteiger partial charge in [-0.25, -0.2) is 4.79 Å². The van der Waals surface area contributed by atoms with Gasteiger partial charge in [-0.1, -0.05) is 0 Å². The van der Waals surface area contributed by atoms with Crippen molar-refractivity contribution in [2.75, 3.05) is 5.32 Å². The number of nitrogens with zero attached hydrogens (tertiary/aromatic N) is 2. The molecule has 2 N–H and O–H groups in total. The second-order valence-electron chi connectivity index (χ2n) is 4.63. The van der Waals surface area contributed by atoms with E-state index in [1.54, 1.807) is 26.2 Å². The Morgan fingerprint density at radius 2 is 2.00 bits per heavy atom. The van der Waals surface area contributed by atoms with Crippen LogP contribution in [0.3, 0.4) is 0 Å². The highest BCUT2D eigenvalue weighted by Gasteiger charge is 2.13. The normalized spacial score (nSPS) is 10.3. The predicted octanol–water partition coefficient (Wildman–Crippen LogP) is 1.99. The van der Waals surface area contributed by atoms with Gasteiger partial charge in [0.2, 0.25) is 0 Å². The number of benzene rings is 1. The van der Waals surface area contributed by atoms with Crippen molar-refractivity contribution in [1.82, 2.24) is 9.78 Å². The highest BCUT2D eigenvalue weighted by Crippen LogP contribution is 2.20. The van der Waals surface area contributed by atoms with Crippen LogP contribution < -0.4 is 5.32 Å². The number of carbonyl (C=O) groups is 2. The van der Waals surface area contributed by atoms with Gasteiger partial charge in [-0.15, -0.1) is 0 Å². The van der Waals surface area contributed by atoms with Crippen molar-refractivity contribution in [2.45, 2.75) is 13.8 Å². The first-order chi connectivity index (χ1) is 9.38. The van der Waals surface area contributed by atoms with Crippen molar-refractivity contribution in [2.24, 2.45) is 7.05 Å². The third-order valence-corrected chi connectivity index (χ3v) is 3.12. The van der Waals surface area contributed by atoms with Crippen molar-refractivity contribution < 1.29 is 14.7 Å². The number of hydrogen-bond donors (Lipinski definition) is 2. The van der Waals surface area contributed by atoms with E-state index >= 15 is 0 Å². The van der Waals surface area contributed by atoms with E-state index in [0.29, 0.717) is 16.8 Å². The number of carboxylic acid groups (broad SMARTS) is 1. The highest BCUT2D eigenvalue weighted by molar-refractivity contribution is 6.04. The van der Waals surface area contributed by atoms with E-state index in [1.807, 2.05) is 6.92 Å². The number of anilines is 1. The molecule has 2 rings (SSSR count). The third-order valence-electron chi connectivity index (χ3n) is 3.12. The summed E-state index contributed by atoms with van der Waals surface area (Å²) in [6.07, 6.45) is 3.04. The molecule has 0 radical (unpaired) electrons. The van der Waals surface area contributed by atoms with Crippen molar-refractivity contribution in [1.29, 1.82) is 0 Å². The molecule has 6 nitrogen and oxygen atoms in total. The molecule has 1 aromatic carbocycles. The van der Waals surface area contributed by atoms with Crippen LogP contribution in [0, 0.1) is 13.8 Å². The average Bonchev–Trinajstić information content (AvgIpc) is 2.80. The van der Waals surface area contributed by atoms with E-state index < -0.39 is 5.97 Å². The van der Waals surface area contributed by atoms with Gasteiger partial charge >= 0.3 is 5.97 Å². The molecular weight excluding hydrogens is 258 g/mol. The Kier molecular flexibility index (Phi) is 3.56. The Bertz CT molecular complexity index is 689. The number of hydrogen-bond acceptors (Lipinski definition) is 3. The summed E-state index contributed by atoms with van der Waals surface area (Å²) in [6, 6.07) is 3.20. The van der Waals surface area contributed by atoms with Crippen molar-refractivity contribution in [3.05, 3.63) is 46.8 Å². The lowest BCUT2D eigenvalue weighted by atomic mass is 10.0. The Hall–Kier alpha value is -2.63. The van der Waals surface area contributed by atoms with Gasteiger partial charge in [-0.3, -0.25) is 9.48 Å². The topological polar surface area (TPSA) is 84.2 Å². The number of aryl methyl sites for hydroxylation is 2. The minimum atomic E-state index is -1.01. The molecule has 2 aromatic rings. The maximum Gasteiger partial charge on any atom is 0.336 e. The zero-order valence-electron chi connectivity index (χ0n) is 11.5. The van der Waals surface area contributed by atoms with Crippen molar-refractivity contribution in [3.63, 3.8) is 0 Å². The quantitative estimate of drug-likeness (QED) is 0.895. The first-order valence-electron chi connectivity index (χ1n) is 6.03. The standard InChI is InChI=1S/C14H15N3O3/c1-8-4-11(5-12(9(8)2)14(19)20)16-13(18)10-6-15-17(3)7-10/h4-7H,1-3H3,(H,16,18)(H,19,20). The van der Waals surface area contributed by atoms with Crippen LogP contribution in [0.4, 0.5) is 5.69 Å². The number of nitrogens with one attached hydrogen (secondary N) is 1. The number of rotatable bonds is 3. The number of carboxylic acids is 1. The Morgan fingerprint density at radius 1 is 1.30 bits per heavy atom. The van der Waals surface area contributed by atoms with Crippen molar-refractivity contribution in [3.8, 4) is 0 Å². The van der Waals surface area contributed by atoms with E-state index in [1.165, 1.54) is 16.9 Å². The van der Waals surface area contributed by atoms with E-state index in [4.69, 9.17) is 5.11 Å². The summed E-state index contributed by atoms with van der Waals surface area (Å²) in [5.41, 5.74) is 2.57. The summed E-state index contributed by atoms with van der Waals surface area (Å²) < 4.78 is 1.53. The van der Waals surface area contributed by atoms with Crippen molar-refractivity contribution >= 4 is 17.6 Å². The van der Waals surface area contributed by atoms with Gasteiger partial charge in [0.15, 0.2) is 0 Å². The van der Waals surface area contributed by atoms with Gasteiger partial charge < -0.3 is 10.4 Å². The van der Waals surface area contributed by atoms with Gasteiger partial charge in [0.05, 0.1) is 17.3 Å². The summed E-state index contributed by atoms with van der Waals surface area (Å²) in [7, 11) is 1.72. The first kappa shape index (κ1) is 13.8. The maximum absolute atomic E-state index is 12.0. The molecule has 6 heteroatoms. The molecule has 1 aromatic heterocycles. The first-order valence-corrected chi connectivity index (χ1v) is 6.03. The summed E-state index contributed by atoms with van der Waals surface area (Å²) in [5, 5.41) is 15.7. The zero-order chi connectivity index (χ0) is 14.9. The molecule has 0 aliphatic carbocycles. The molecule has 20 heavy (non-hydrogen) atoms. The van der Waals surface area contributed by atoms with E-state index in [-0.39, 0.29) is 11.5 Å². The van der Waals surface area contributed by atoms with Gasteiger partial charge in [-0.05, 0) is 37.1 Å². The van der Waals surface area contributed by atoms with Gasteiger partial charge in [0.25, 0.3) is 5.91 Å². The fourth-order valence-corrected chi connectivity index (χ4v) is 1.90. The number of amides is 1. The molecule has 1 amide bonds. The van der Waals surface area contributed by atoms with Gasteiger partial charge in [0, 0.05) is 18.9 Å². The van der Waals surface area contributed by atoms with Crippen LogP contribution in [-0.2, 0) is 7.05 Å². The summed E-state index contributed by atoms with van der Waals surface area (Å²) in [5.74, 6) is -1.33. The SMILES string of the molecule is Cc1cc(NC(=O)c2cnn(C)c2)cc(C(=O)O)c1C. The summed E-state index contributed by atoms with van der Waals surface area (Å²) in [4.78, 5) is 23.2. The Balaban J connectivity index is 2.30. The fraction of sp³-hybridized carbons (Fsp3) is 0.214. The molecule has 0 aliphatic heterocycles. The molecule has 0 aliphatic rings. The maximum atomic E-state index is 12.0. The molecule has 0 fully saturated rings. The largest absolute Gasteiger partial charge is 0.478 e. The lowest BCUT2D eigenvalue weighted by molar-refractivity contribution is 0.0695. The fourth-order valence-electron chi connectivity index (χ4n) is 1.90. The van der Waals surface area contributed by atoms with Crippen LogP contribution in [-0.4, -0.2) is 26.8 Å². The van der Waals surface area contributed by atoms with Crippen LogP contribution in [0.5, 0.6) is 0 Å². The molecule has 0 bridgehead atoms. The average molecular weight is 273 g/mol. The lowest BCUT2D eigenvalue weighted by Crippen LogP contribution is -2.12. The molecule has 0 atom stereocenters. The summed E-state index contributed by atoms with van der Waals surface area (Å²) in [6.45, 7) is 3.55. The van der Waals surface area contributed by atoms with Gasteiger partial charge in [-0.2, -0.15) is 5.10 Å². The highest BCUT2D eigenvalue weighted by atomic mass is 16.4. The number of carbonyl (C=O) groups excluding carboxylic acids is 1. The second kappa shape index (κ2) is 5.16. The Morgan fingerprint density at radius 3 is 2.55 bits per heavy atom. The van der Waals surface area contributed by atoms with E-state index in [0.717, 1.165) is 5.56 Å². The van der Waals surface area contributed by atoms with Crippen LogP contribution >= 0.6 is 0 Å². The van der Waals surface area contributed by atoms with E-state index in [2.05, 4.69) is 10.4 Å². The molecular formula is C14H15N3O3. The minimum absolute atomic E-state index is 0.187. The molecule has 1 heterocycles. The summed E-state index contributed by atoms with van der Waals surface area (Å²) >= 11 is 0. The zero-order valence-corrected chi connectivity index (χ0v) is 11.5. The smallest absolute Gasteiger partial charge is 0.336 e. The lowest BCUT2D eigenvalue weighted by Gasteiger charge is -2.10. The second-order valence-corrected chi connectivity index (χ2v) is 4.63. The molecule has 0 spiro atoms. The van der Waals surface area contributed by atoms with Crippen LogP contribution in [0.2, 0.25) is 0 Å².